The number of nitrogens with zero attached hydrogens (tertiary/aromatic N) is 1. The molecule has 0 aliphatic carbocycles. The summed E-state index contributed by atoms with van der Waals surface area (Å²) < 4.78 is 5.42. The van der Waals surface area contributed by atoms with Crippen molar-refractivity contribution in [2.75, 3.05) is 17.3 Å². The van der Waals surface area contributed by atoms with Gasteiger partial charge in [-0.3, -0.25) is 9.69 Å². The van der Waals surface area contributed by atoms with Gasteiger partial charge in [-0.15, -0.1) is 11.3 Å². The molecule has 0 bridgehead atoms. The molecule has 0 saturated carbocycles. The number of carbonyl (C=O) groups is 3. The molecule has 0 saturated heterocycles. The highest BCUT2D eigenvalue weighted by Gasteiger charge is 2.14. The number of ether oxygens (including phenoxy) is 1. The highest BCUT2D eigenvalue weighted by molar-refractivity contribution is 7.12. The van der Waals surface area contributed by atoms with E-state index in [4.69, 9.17) is 4.74 Å². The summed E-state index contributed by atoms with van der Waals surface area (Å²) in [5.41, 5.74) is 1.47. The van der Waals surface area contributed by atoms with Crippen LogP contribution in [0.25, 0.3) is 0 Å². The second-order valence-electron chi connectivity index (χ2n) is 7.06. The highest BCUT2D eigenvalue weighted by atomic mass is 32.1. The Balaban J connectivity index is 1.63. The second kappa shape index (κ2) is 9.90. The molecule has 0 fully saturated rings. The maximum absolute atomic E-state index is 12.5. The Morgan fingerprint density at radius 2 is 1.74 bits per heavy atom. The molecule has 0 aliphatic rings. The molecule has 3 aromatic rings. The molecule has 0 spiro atoms. The minimum atomic E-state index is -0.550. The summed E-state index contributed by atoms with van der Waals surface area (Å²) >= 11 is 1.34. The zero-order valence-electron chi connectivity index (χ0n) is 17.4. The van der Waals surface area contributed by atoms with Crippen LogP contribution in [-0.4, -0.2) is 31.0 Å². The summed E-state index contributed by atoms with van der Waals surface area (Å²) in [4.78, 5) is 38.9. The Morgan fingerprint density at radius 3 is 2.39 bits per heavy atom. The number of benzene rings is 2. The second-order valence-corrected chi connectivity index (χ2v) is 8.01. The number of esters is 1. The van der Waals surface area contributed by atoms with Crippen molar-refractivity contribution in [1.29, 1.82) is 0 Å². The average Bonchev–Trinajstić information content (AvgIpc) is 3.28. The fourth-order valence-corrected chi connectivity index (χ4v) is 3.31. The van der Waals surface area contributed by atoms with E-state index in [1.165, 1.54) is 16.2 Å². The van der Waals surface area contributed by atoms with Gasteiger partial charge in [-0.1, -0.05) is 12.1 Å². The fourth-order valence-electron chi connectivity index (χ4n) is 2.69. The van der Waals surface area contributed by atoms with Gasteiger partial charge in [0.25, 0.3) is 5.91 Å². The first kappa shape index (κ1) is 22.0. The van der Waals surface area contributed by atoms with Crippen LogP contribution in [-0.2, 0) is 0 Å². The van der Waals surface area contributed by atoms with Gasteiger partial charge in [0, 0.05) is 24.5 Å². The number of hydrogen-bond donors (Lipinski definition) is 2. The number of carbonyl (C=O) groups excluding carboxylic acids is 3. The number of anilines is 2. The molecule has 2 aromatic carbocycles. The molecule has 0 aliphatic heterocycles. The first-order chi connectivity index (χ1) is 14.8. The lowest BCUT2D eigenvalue weighted by Crippen LogP contribution is -2.40. The number of thiophene rings is 1. The maximum Gasteiger partial charge on any atom is 0.343 e. The highest BCUT2D eigenvalue weighted by Crippen LogP contribution is 2.21. The van der Waals surface area contributed by atoms with Crippen molar-refractivity contribution < 1.29 is 19.1 Å². The van der Waals surface area contributed by atoms with E-state index in [1.807, 2.05) is 19.2 Å². The van der Waals surface area contributed by atoms with Gasteiger partial charge >= 0.3 is 12.0 Å². The summed E-state index contributed by atoms with van der Waals surface area (Å²) in [5, 5.41) is 7.40. The standard InChI is InChI=1S/C23H23N3O4S/c1-15(2)24-23(29)26(3)18-9-11-19(12-10-18)30-22(28)16-6-4-7-17(14-16)25-21(27)20-8-5-13-31-20/h4-15H,1-3H3,(H,24,29)(H,25,27). The molecule has 0 unspecified atom stereocenters. The predicted molar refractivity (Wildman–Crippen MR) is 122 cm³/mol. The number of urea groups is 1. The van der Waals surface area contributed by atoms with Crippen LogP contribution >= 0.6 is 11.3 Å². The van der Waals surface area contributed by atoms with Crippen molar-refractivity contribution in [2.45, 2.75) is 19.9 Å². The van der Waals surface area contributed by atoms with Crippen LogP contribution in [0.5, 0.6) is 5.75 Å². The maximum atomic E-state index is 12.5. The van der Waals surface area contributed by atoms with Crippen LogP contribution in [0.15, 0.2) is 66.0 Å². The van der Waals surface area contributed by atoms with E-state index in [0.717, 1.165) is 0 Å². The SMILES string of the molecule is CC(C)NC(=O)N(C)c1ccc(OC(=O)c2cccc(NC(=O)c3cccs3)c2)cc1. The van der Waals surface area contributed by atoms with Crippen molar-refractivity contribution in [3.63, 3.8) is 0 Å². The van der Waals surface area contributed by atoms with Gasteiger partial charge in [0.05, 0.1) is 10.4 Å². The van der Waals surface area contributed by atoms with Crippen molar-refractivity contribution in [2.24, 2.45) is 0 Å². The molecule has 31 heavy (non-hydrogen) atoms. The topological polar surface area (TPSA) is 87.7 Å². The molecule has 0 atom stereocenters. The summed E-state index contributed by atoms with van der Waals surface area (Å²) in [7, 11) is 1.66. The molecule has 8 heteroatoms. The van der Waals surface area contributed by atoms with Crippen LogP contribution in [0.3, 0.4) is 0 Å². The van der Waals surface area contributed by atoms with E-state index in [2.05, 4.69) is 10.6 Å². The first-order valence-corrected chi connectivity index (χ1v) is 10.5. The van der Waals surface area contributed by atoms with E-state index in [1.54, 1.807) is 67.7 Å². The number of amides is 3. The van der Waals surface area contributed by atoms with Crippen molar-refractivity contribution in [3.8, 4) is 5.75 Å². The van der Waals surface area contributed by atoms with Gasteiger partial charge in [0.15, 0.2) is 0 Å². The zero-order valence-corrected chi connectivity index (χ0v) is 18.2. The Kier molecular flexibility index (Phi) is 7.04. The third-order valence-electron chi connectivity index (χ3n) is 4.25. The van der Waals surface area contributed by atoms with Crippen molar-refractivity contribution >= 4 is 40.6 Å². The van der Waals surface area contributed by atoms with Crippen molar-refractivity contribution in [1.82, 2.24) is 5.32 Å². The number of nitrogens with one attached hydrogen (secondary N) is 2. The van der Waals surface area contributed by atoms with Gasteiger partial charge in [-0.2, -0.15) is 0 Å². The largest absolute Gasteiger partial charge is 0.423 e. The lowest BCUT2D eigenvalue weighted by molar-refractivity contribution is 0.0734. The van der Waals surface area contributed by atoms with Crippen LogP contribution in [0.1, 0.15) is 33.9 Å². The average molecular weight is 438 g/mol. The van der Waals surface area contributed by atoms with Crippen LogP contribution < -0.4 is 20.3 Å². The molecule has 3 amide bonds. The molecular formula is C23H23N3O4S. The van der Waals surface area contributed by atoms with Crippen molar-refractivity contribution in [3.05, 3.63) is 76.5 Å². The quantitative estimate of drug-likeness (QED) is 0.429. The number of rotatable bonds is 6. The fraction of sp³-hybridized carbons (Fsp3) is 0.174. The smallest absolute Gasteiger partial charge is 0.343 e. The van der Waals surface area contributed by atoms with E-state index < -0.39 is 5.97 Å². The molecule has 7 nitrogen and oxygen atoms in total. The third kappa shape index (κ3) is 5.93. The van der Waals surface area contributed by atoms with E-state index in [0.29, 0.717) is 27.6 Å². The predicted octanol–water partition coefficient (Wildman–Crippen LogP) is 4.77. The minimum Gasteiger partial charge on any atom is -0.423 e. The minimum absolute atomic E-state index is 0.0287. The zero-order chi connectivity index (χ0) is 22.4. The van der Waals surface area contributed by atoms with Gasteiger partial charge in [-0.05, 0) is 67.8 Å². The summed E-state index contributed by atoms with van der Waals surface area (Å²) in [6.07, 6.45) is 0. The summed E-state index contributed by atoms with van der Waals surface area (Å²) in [6, 6.07) is 16.5. The third-order valence-corrected chi connectivity index (χ3v) is 5.12. The van der Waals surface area contributed by atoms with Crippen LogP contribution in [0.4, 0.5) is 16.2 Å². The molecule has 1 heterocycles. The molecule has 3 rings (SSSR count). The molecular weight excluding hydrogens is 414 g/mol. The Morgan fingerprint density at radius 1 is 1.00 bits per heavy atom. The van der Waals surface area contributed by atoms with Gasteiger partial charge in [-0.25, -0.2) is 9.59 Å². The molecule has 2 N–H and O–H groups in total. The van der Waals surface area contributed by atoms with Gasteiger partial charge in [0.1, 0.15) is 5.75 Å². The van der Waals surface area contributed by atoms with E-state index >= 15 is 0 Å². The lowest BCUT2D eigenvalue weighted by atomic mass is 10.2. The van der Waals surface area contributed by atoms with E-state index in [9.17, 15) is 14.4 Å². The first-order valence-electron chi connectivity index (χ1n) is 9.65. The van der Waals surface area contributed by atoms with Crippen LogP contribution in [0.2, 0.25) is 0 Å². The Labute approximate surface area is 184 Å². The van der Waals surface area contributed by atoms with Gasteiger partial charge in [0.2, 0.25) is 0 Å². The Bertz CT molecular complexity index is 1060. The van der Waals surface area contributed by atoms with Gasteiger partial charge < -0.3 is 15.4 Å². The van der Waals surface area contributed by atoms with E-state index in [-0.39, 0.29) is 18.0 Å². The summed E-state index contributed by atoms with van der Waals surface area (Å²) in [6.45, 7) is 3.77. The molecule has 160 valence electrons. The monoisotopic (exact) mass is 437 g/mol. The Hall–Kier alpha value is -3.65. The van der Waals surface area contributed by atoms with Crippen LogP contribution in [0, 0.1) is 0 Å². The summed E-state index contributed by atoms with van der Waals surface area (Å²) in [5.74, 6) is -0.438. The molecule has 1 aromatic heterocycles. The number of hydrogen-bond acceptors (Lipinski definition) is 5. The molecule has 0 radical (unpaired) electrons. The lowest BCUT2D eigenvalue weighted by Gasteiger charge is -2.20. The normalized spacial score (nSPS) is 10.5.